The highest BCUT2D eigenvalue weighted by atomic mass is 32.2. The summed E-state index contributed by atoms with van der Waals surface area (Å²) in [6.45, 7) is 10.7. The van der Waals surface area contributed by atoms with E-state index in [1.807, 2.05) is 71.0 Å². The van der Waals surface area contributed by atoms with Gasteiger partial charge in [0.2, 0.25) is 11.8 Å². The number of anilines is 1. The lowest BCUT2D eigenvalue weighted by atomic mass is 10.1. The highest BCUT2D eigenvalue weighted by Crippen LogP contribution is 2.26. The fourth-order valence-corrected chi connectivity index (χ4v) is 5.60. The highest BCUT2D eigenvalue weighted by Gasteiger charge is 2.33. The molecule has 0 saturated carbocycles. The van der Waals surface area contributed by atoms with E-state index >= 15 is 0 Å². The molecular formula is C30H37N3O4S. The quantitative estimate of drug-likeness (QED) is 0.425. The summed E-state index contributed by atoms with van der Waals surface area (Å²) in [5.41, 5.74) is 2.49. The van der Waals surface area contributed by atoms with Crippen molar-refractivity contribution >= 4 is 27.5 Å². The Morgan fingerprint density at radius 1 is 0.868 bits per heavy atom. The standard InChI is InChI=1S/C30H37N3O4S/c1-22-17-23(2)19-26(18-22)33(38(36,37)27-15-11-8-12-16-27)21-28(34)32(20-25-13-9-7-10-14-25)24(3)29(35)31-30(4,5)6/h7-19,24H,20-21H2,1-6H3,(H,31,35)/t24-/m1/s1. The first-order valence-corrected chi connectivity index (χ1v) is 14.0. The molecule has 0 aliphatic carbocycles. The Kier molecular flexibility index (Phi) is 8.99. The number of carbonyl (C=O) groups excluding carboxylic acids is 2. The van der Waals surface area contributed by atoms with Gasteiger partial charge in [0.25, 0.3) is 10.0 Å². The minimum atomic E-state index is -4.08. The molecule has 7 nitrogen and oxygen atoms in total. The van der Waals surface area contributed by atoms with Crippen LogP contribution in [0.1, 0.15) is 44.4 Å². The summed E-state index contributed by atoms with van der Waals surface area (Å²) in [6.07, 6.45) is 0. The lowest BCUT2D eigenvalue weighted by Gasteiger charge is -2.33. The van der Waals surface area contributed by atoms with Crippen molar-refractivity contribution in [3.63, 3.8) is 0 Å². The van der Waals surface area contributed by atoms with Gasteiger partial charge in [0.15, 0.2) is 0 Å². The van der Waals surface area contributed by atoms with E-state index in [-0.39, 0.29) is 17.3 Å². The van der Waals surface area contributed by atoms with Gasteiger partial charge >= 0.3 is 0 Å². The molecule has 202 valence electrons. The van der Waals surface area contributed by atoms with Gasteiger partial charge in [-0.3, -0.25) is 13.9 Å². The number of hydrogen-bond acceptors (Lipinski definition) is 4. The lowest BCUT2D eigenvalue weighted by molar-refractivity contribution is -0.140. The normalized spacial score (nSPS) is 12.5. The average Bonchev–Trinajstić information content (AvgIpc) is 2.84. The summed E-state index contributed by atoms with van der Waals surface area (Å²) in [7, 11) is -4.08. The number of carbonyl (C=O) groups is 2. The van der Waals surface area contributed by atoms with Gasteiger partial charge in [-0.05, 0) is 82.5 Å². The van der Waals surface area contributed by atoms with Gasteiger partial charge < -0.3 is 10.2 Å². The van der Waals surface area contributed by atoms with Crippen molar-refractivity contribution in [1.29, 1.82) is 0 Å². The molecule has 3 rings (SSSR count). The van der Waals surface area contributed by atoms with E-state index < -0.39 is 34.1 Å². The van der Waals surface area contributed by atoms with Gasteiger partial charge in [0.05, 0.1) is 10.6 Å². The smallest absolute Gasteiger partial charge is 0.264 e. The van der Waals surface area contributed by atoms with Gasteiger partial charge in [-0.1, -0.05) is 54.6 Å². The van der Waals surface area contributed by atoms with Crippen LogP contribution < -0.4 is 9.62 Å². The second-order valence-electron chi connectivity index (χ2n) is 10.6. The van der Waals surface area contributed by atoms with Crippen LogP contribution in [0.4, 0.5) is 5.69 Å². The third kappa shape index (κ3) is 7.44. The predicted octanol–water partition coefficient (Wildman–Crippen LogP) is 4.83. The van der Waals surface area contributed by atoms with E-state index in [0.29, 0.717) is 5.69 Å². The van der Waals surface area contributed by atoms with E-state index in [0.717, 1.165) is 21.0 Å². The van der Waals surface area contributed by atoms with Crippen LogP contribution in [-0.4, -0.2) is 43.3 Å². The summed E-state index contributed by atoms with van der Waals surface area (Å²) < 4.78 is 28.8. The fraction of sp³-hybridized carbons (Fsp3) is 0.333. The first-order chi connectivity index (χ1) is 17.8. The monoisotopic (exact) mass is 535 g/mol. The molecule has 1 atom stereocenters. The van der Waals surface area contributed by atoms with Crippen LogP contribution in [0.5, 0.6) is 0 Å². The van der Waals surface area contributed by atoms with E-state index in [2.05, 4.69) is 5.32 Å². The maximum absolute atomic E-state index is 13.9. The SMILES string of the molecule is Cc1cc(C)cc(N(CC(=O)N(Cc2ccccc2)[C@H](C)C(=O)NC(C)(C)C)S(=O)(=O)c2ccccc2)c1. The summed E-state index contributed by atoms with van der Waals surface area (Å²) in [5, 5.41) is 2.93. The van der Waals surface area contributed by atoms with Crippen molar-refractivity contribution in [2.75, 3.05) is 10.8 Å². The first kappa shape index (κ1) is 28.9. The highest BCUT2D eigenvalue weighted by molar-refractivity contribution is 7.92. The number of rotatable bonds is 9. The summed E-state index contributed by atoms with van der Waals surface area (Å²) in [5.74, 6) is -0.797. The lowest BCUT2D eigenvalue weighted by Crippen LogP contribution is -2.54. The molecule has 8 heteroatoms. The second-order valence-corrected chi connectivity index (χ2v) is 12.5. The van der Waals surface area contributed by atoms with E-state index in [4.69, 9.17) is 0 Å². The predicted molar refractivity (Wildman–Crippen MR) is 151 cm³/mol. The molecule has 0 heterocycles. The van der Waals surface area contributed by atoms with E-state index in [1.165, 1.54) is 17.0 Å². The number of sulfonamides is 1. The molecule has 0 aromatic heterocycles. The molecule has 1 N–H and O–H groups in total. The van der Waals surface area contributed by atoms with Crippen LogP contribution >= 0.6 is 0 Å². The minimum Gasteiger partial charge on any atom is -0.350 e. The van der Waals surface area contributed by atoms with Gasteiger partial charge in [-0.15, -0.1) is 0 Å². The van der Waals surface area contributed by atoms with Gasteiger partial charge in [-0.25, -0.2) is 8.42 Å². The summed E-state index contributed by atoms with van der Waals surface area (Å²) >= 11 is 0. The number of amides is 2. The Morgan fingerprint density at radius 2 is 1.39 bits per heavy atom. The van der Waals surface area contributed by atoms with Crippen molar-refractivity contribution in [1.82, 2.24) is 10.2 Å². The third-order valence-corrected chi connectivity index (χ3v) is 7.75. The Labute approximate surface area is 226 Å². The van der Waals surface area contributed by atoms with Crippen LogP contribution in [0.25, 0.3) is 0 Å². The Balaban J connectivity index is 2.05. The molecule has 0 radical (unpaired) electrons. The topological polar surface area (TPSA) is 86.8 Å². The molecule has 0 unspecified atom stereocenters. The maximum Gasteiger partial charge on any atom is 0.264 e. The number of nitrogens with zero attached hydrogens (tertiary/aromatic N) is 2. The van der Waals surface area contributed by atoms with Crippen LogP contribution in [0.2, 0.25) is 0 Å². The summed E-state index contributed by atoms with van der Waals surface area (Å²) in [6, 6.07) is 22.0. The fourth-order valence-electron chi connectivity index (χ4n) is 4.18. The Hall–Kier alpha value is -3.65. The Bertz CT molecular complexity index is 1350. The maximum atomic E-state index is 13.9. The number of hydrogen-bond donors (Lipinski definition) is 1. The van der Waals surface area contributed by atoms with E-state index in [9.17, 15) is 18.0 Å². The van der Waals surface area contributed by atoms with E-state index in [1.54, 1.807) is 37.3 Å². The number of nitrogens with one attached hydrogen (secondary N) is 1. The molecule has 0 bridgehead atoms. The van der Waals surface area contributed by atoms with Crippen molar-refractivity contribution in [3.8, 4) is 0 Å². The minimum absolute atomic E-state index is 0.0834. The zero-order valence-corrected chi connectivity index (χ0v) is 23.7. The van der Waals surface area contributed by atoms with Crippen LogP contribution in [0.3, 0.4) is 0 Å². The Morgan fingerprint density at radius 3 is 1.92 bits per heavy atom. The molecule has 3 aromatic carbocycles. The third-order valence-electron chi connectivity index (χ3n) is 5.97. The molecule has 38 heavy (non-hydrogen) atoms. The van der Waals surface area contributed by atoms with Gasteiger partial charge in [0.1, 0.15) is 12.6 Å². The molecule has 0 spiro atoms. The van der Waals surface area contributed by atoms with Crippen LogP contribution in [0, 0.1) is 13.8 Å². The van der Waals surface area contributed by atoms with Gasteiger partial charge in [0, 0.05) is 12.1 Å². The zero-order valence-electron chi connectivity index (χ0n) is 22.9. The van der Waals surface area contributed by atoms with Crippen LogP contribution in [0.15, 0.2) is 83.8 Å². The molecule has 0 aliphatic rings. The van der Waals surface area contributed by atoms with Crippen LogP contribution in [-0.2, 0) is 26.2 Å². The van der Waals surface area contributed by atoms with Crippen molar-refractivity contribution in [2.24, 2.45) is 0 Å². The zero-order chi connectivity index (χ0) is 28.1. The molecule has 0 fully saturated rings. The van der Waals surface area contributed by atoms with Crippen molar-refractivity contribution in [2.45, 2.75) is 64.6 Å². The first-order valence-electron chi connectivity index (χ1n) is 12.6. The largest absolute Gasteiger partial charge is 0.350 e. The van der Waals surface area contributed by atoms with Gasteiger partial charge in [-0.2, -0.15) is 0 Å². The summed E-state index contributed by atoms with van der Waals surface area (Å²) in [4.78, 5) is 28.6. The van der Waals surface area contributed by atoms with Crippen molar-refractivity contribution in [3.05, 3.63) is 95.6 Å². The molecule has 0 saturated heterocycles. The van der Waals surface area contributed by atoms with Crippen molar-refractivity contribution < 1.29 is 18.0 Å². The average molecular weight is 536 g/mol. The molecular weight excluding hydrogens is 498 g/mol. The molecule has 0 aliphatic heterocycles. The second kappa shape index (κ2) is 11.8. The molecule has 2 amide bonds. The number of benzene rings is 3. The number of aryl methyl sites for hydroxylation is 2. The molecule has 3 aromatic rings.